The quantitative estimate of drug-likeness (QED) is 0.667. The first-order valence-corrected chi connectivity index (χ1v) is 11.2. The Labute approximate surface area is 189 Å². The Kier molecular flexibility index (Phi) is 5.97. The number of allylic oxidation sites excluding steroid dienone is 2. The van der Waals surface area contributed by atoms with Gasteiger partial charge in [0.25, 0.3) is 11.8 Å². The average molecular weight is 457 g/mol. The summed E-state index contributed by atoms with van der Waals surface area (Å²) in [6, 6.07) is 7.64. The van der Waals surface area contributed by atoms with Gasteiger partial charge in [0, 0.05) is 23.5 Å². The maximum Gasteiger partial charge on any atom is 0.253 e. The zero-order valence-electron chi connectivity index (χ0n) is 17.1. The monoisotopic (exact) mass is 456 g/mol. The molecule has 2 aliphatic heterocycles. The summed E-state index contributed by atoms with van der Waals surface area (Å²) in [5.41, 5.74) is -0.124. The van der Waals surface area contributed by atoms with Crippen LogP contribution in [0.2, 0.25) is 5.02 Å². The Morgan fingerprint density at radius 1 is 1.29 bits per heavy atom. The minimum absolute atomic E-state index is 0.0328. The van der Waals surface area contributed by atoms with Crippen LogP contribution < -0.4 is 5.32 Å². The standard InChI is InChI=1S/C21H21ClN6O2S/c1-3-27-19(25-26-20(27)31-13-14-8-4-5-9-15(14)22)24-18(30)21(2)12-17(29)23-16-10-6-7-11-28(16)21/h4-11H,3,12-13H2,1-2H3,(H,24,25,30). The first-order chi connectivity index (χ1) is 14.9. The zero-order valence-corrected chi connectivity index (χ0v) is 18.7. The van der Waals surface area contributed by atoms with E-state index in [0.717, 1.165) is 5.56 Å². The molecule has 2 aromatic rings. The molecule has 8 nitrogen and oxygen atoms in total. The molecule has 0 radical (unpaired) electrons. The van der Waals surface area contributed by atoms with Crippen LogP contribution >= 0.6 is 23.4 Å². The summed E-state index contributed by atoms with van der Waals surface area (Å²) in [5, 5.41) is 12.6. The number of amides is 2. The number of rotatable bonds is 6. The lowest BCUT2D eigenvalue weighted by molar-refractivity contribution is -0.130. The second-order valence-electron chi connectivity index (χ2n) is 7.27. The van der Waals surface area contributed by atoms with Gasteiger partial charge in [0.05, 0.1) is 6.42 Å². The van der Waals surface area contributed by atoms with Crippen molar-refractivity contribution in [2.24, 2.45) is 4.99 Å². The highest BCUT2D eigenvalue weighted by atomic mass is 35.5. The second-order valence-corrected chi connectivity index (χ2v) is 8.62. The van der Waals surface area contributed by atoms with Crippen LogP contribution in [-0.4, -0.2) is 42.9 Å². The zero-order chi connectivity index (χ0) is 22.0. The van der Waals surface area contributed by atoms with Gasteiger partial charge in [-0.2, -0.15) is 4.99 Å². The van der Waals surface area contributed by atoms with Gasteiger partial charge < -0.3 is 4.90 Å². The number of fused-ring (bicyclic) bond motifs is 1. The predicted molar refractivity (Wildman–Crippen MR) is 121 cm³/mol. The van der Waals surface area contributed by atoms with Crippen molar-refractivity contribution in [3.63, 3.8) is 0 Å². The summed E-state index contributed by atoms with van der Waals surface area (Å²) in [6.45, 7) is 4.24. The highest BCUT2D eigenvalue weighted by Crippen LogP contribution is 2.30. The summed E-state index contributed by atoms with van der Waals surface area (Å²) in [4.78, 5) is 31.2. The van der Waals surface area contributed by atoms with Crippen molar-refractivity contribution in [3.8, 4) is 0 Å². The fraction of sp³-hybridized carbons (Fsp3) is 0.286. The molecule has 10 heteroatoms. The molecule has 160 valence electrons. The summed E-state index contributed by atoms with van der Waals surface area (Å²) in [5.74, 6) is 0.727. The van der Waals surface area contributed by atoms with Crippen LogP contribution in [0.3, 0.4) is 0 Å². The highest BCUT2D eigenvalue weighted by Gasteiger charge is 2.45. The van der Waals surface area contributed by atoms with E-state index in [2.05, 4.69) is 20.5 Å². The molecule has 0 spiro atoms. The number of anilines is 1. The third kappa shape index (κ3) is 4.15. The van der Waals surface area contributed by atoms with E-state index < -0.39 is 5.54 Å². The van der Waals surface area contributed by atoms with Crippen LogP contribution in [0.15, 0.2) is 58.8 Å². The van der Waals surface area contributed by atoms with Crippen LogP contribution in [-0.2, 0) is 21.9 Å². The second kappa shape index (κ2) is 8.68. The van der Waals surface area contributed by atoms with Gasteiger partial charge in [-0.05, 0) is 37.6 Å². The van der Waals surface area contributed by atoms with Gasteiger partial charge >= 0.3 is 0 Å². The third-order valence-corrected chi connectivity index (χ3v) is 6.55. The van der Waals surface area contributed by atoms with Crippen LogP contribution in [0.5, 0.6) is 0 Å². The van der Waals surface area contributed by atoms with Gasteiger partial charge in [-0.25, -0.2) is 0 Å². The number of amidine groups is 1. The number of halogens is 1. The van der Waals surface area contributed by atoms with Crippen molar-refractivity contribution in [1.82, 2.24) is 19.7 Å². The Bertz CT molecular complexity index is 1120. The Hall–Kier alpha value is -2.91. The molecule has 1 N–H and O–H groups in total. The van der Waals surface area contributed by atoms with Gasteiger partial charge in [-0.3, -0.25) is 19.5 Å². The van der Waals surface area contributed by atoms with Crippen LogP contribution in [0, 0.1) is 0 Å². The molecular formula is C21H21ClN6O2S. The fourth-order valence-corrected chi connectivity index (χ4v) is 4.73. The van der Waals surface area contributed by atoms with Gasteiger partial charge in [0.15, 0.2) is 5.16 Å². The minimum atomic E-state index is -1.12. The van der Waals surface area contributed by atoms with Crippen molar-refractivity contribution in [2.45, 2.75) is 43.3 Å². The lowest BCUT2D eigenvalue weighted by Crippen LogP contribution is -2.58. The number of aliphatic imine (C=N–C) groups is 1. The maximum atomic E-state index is 13.3. The number of hydrogen-bond acceptors (Lipinski definition) is 6. The molecule has 0 bridgehead atoms. The number of nitrogens with one attached hydrogen (secondary N) is 1. The van der Waals surface area contributed by atoms with Crippen molar-refractivity contribution in [3.05, 3.63) is 59.3 Å². The van der Waals surface area contributed by atoms with Crippen molar-refractivity contribution in [1.29, 1.82) is 0 Å². The smallest absolute Gasteiger partial charge is 0.253 e. The van der Waals surface area contributed by atoms with Crippen LogP contribution in [0.1, 0.15) is 25.8 Å². The molecule has 0 fully saturated rings. The molecule has 1 aromatic carbocycles. The molecule has 3 heterocycles. The van der Waals surface area contributed by atoms with Crippen molar-refractivity contribution < 1.29 is 9.59 Å². The van der Waals surface area contributed by atoms with E-state index in [9.17, 15) is 9.59 Å². The molecule has 2 aliphatic rings. The van der Waals surface area contributed by atoms with Gasteiger partial charge in [0.1, 0.15) is 11.4 Å². The summed E-state index contributed by atoms with van der Waals surface area (Å²) in [6.07, 6.45) is 7.01. The molecule has 31 heavy (non-hydrogen) atoms. The van der Waals surface area contributed by atoms with Crippen molar-refractivity contribution >= 4 is 47.0 Å². The Morgan fingerprint density at radius 2 is 2.10 bits per heavy atom. The number of hydrogen-bond donors (Lipinski definition) is 1. The maximum absolute atomic E-state index is 13.3. The number of thioether (sulfide) groups is 1. The topological polar surface area (TPSA) is 92.5 Å². The number of aromatic nitrogens is 3. The Morgan fingerprint density at radius 3 is 2.87 bits per heavy atom. The minimum Gasteiger partial charge on any atom is -0.317 e. The number of carbonyl (C=O) groups excluding carboxylic acids is 2. The molecule has 1 atom stereocenters. The predicted octanol–water partition coefficient (Wildman–Crippen LogP) is 3.66. The molecule has 1 aromatic heterocycles. The summed E-state index contributed by atoms with van der Waals surface area (Å²) < 4.78 is 1.83. The molecule has 2 amide bonds. The van der Waals surface area contributed by atoms with Gasteiger partial charge in [0.2, 0.25) is 5.95 Å². The van der Waals surface area contributed by atoms with Gasteiger partial charge in [-0.15, -0.1) is 10.2 Å². The van der Waals surface area contributed by atoms with E-state index in [1.54, 1.807) is 36.3 Å². The lowest BCUT2D eigenvalue weighted by atomic mass is 9.91. The first kappa shape index (κ1) is 21.3. The van der Waals surface area contributed by atoms with E-state index in [1.165, 1.54) is 11.8 Å². The van der Waals surface area contributed by atoms with E-state index >= 15 is 0 Å². The highest BCUT2D eigenvalue weighted by molar-refractivity contribution is 7.98. The normalized spacial score (nSPS) is 19.9. The van der Waals surface area contributed by atoms with E-state index in [-0.39, 0.29) is 18.2 Å². The molecule has 0 saturated carbocycles. The van der Waals surface area contributed by atoms with Crippen molar-refractivity contribution in [2.75, 3.05) is 5.32 Å². The summed E-state index contributed by atoms with van der Waals surface area (Å²) >= 11 is 7.73. The van der Waals surface area contributed by atoms with Gasteiger partial charge in [-0.1, -0.05) is 47.6 Å². The number of carbonyl (C=O) groups is 2. The lowest BCUT2D eigenvalue weighted by Gasteiger charge is -2.41. The molecular weight excluding hydrogens is 436 g/mol. The fourth-order valence-electron chi connectivity index (χ4n) is 3.45. The SMILES string of the molecule is CCn1c(NC(=O)C2(C)CC(=O)N=C3C=CC=CN32)nnc1SCc1ccccc1Cl. The average Bonchev–Trinajstić information content (AvgIpc) is 3.14. The molecule has 4 rings (SSSR count). The largest absolute Gasteiger partial charge is 0.317 e. The number of benzene rings is 1. The molecule has 0 aliphatic carbocycles. The van der Waals surface area contributed by atoms with Crippen LogP contribution in [0.4, 0.5) is 5.95 Å². The molecule has 0 saturated heterocycles. The number of nitrogens with zero attached hydrogens (tertiary/aromatic N) is 5. The van der Waals surface area contributed by atoms with E-state index in [0.29, 0.717) is 34.3 Å². The third-order valence-electron chi connectivity index (χ3n) is 5.17. The van der Waals surface area contributed by atoms with E-state index in [1.807, 2.05) is 35.8 Å². The Balaban J connectivity index is 1.53. The molecule has 1 unspecified atom stereocenters. The van der Waals surface area contributed by atoms with Crippen LogP contribution in [0.25, 0.3) is 0 Å². The van der Waals surface area contributed by atoms with E-state index in [4.69, 9.17) is 11.6 Å². The summed E-state index contributed by atoms with van der Waals surface area (Å²) in [7, 11) is 0. The first-order valence-electron chi connectivity index (χ1n) is 9.79.